The SMILES string of the molecule is CSc1ccccc1OC(C)C(C)=O. The Kier molecular flexibility index (Phi) is 4.01. The van der Waals surface area contributed by atoms with Gasteiger partial charge in [-0.15, -0.1) is 11.8 Å². The number of ketones is 1. The molecule has 0 saturated heterocycles. The predicted molar refractivity (Wildman–Crippen MR) is 59.0 cm³/mol. The largest absolute Gasteiger partial charge is 0.482 e. The van der Waals surface area contributed by atoms with Crippen LogP contribution in [0, 0.1) is 0 Å². The molecule has 1 unspecified atom stereocenters. The molecule has 0 aromatic heterocycles. The zero-order valence-electron chi connectivity index (χ0n) is 8.61. The van der Waals surface area contributed by atoms with Crippen molar-refractivity contribution < 1.29 is 9.53 Å². The van der Waals surface area contributed by atoms with Crippen LogP contribution in [0.1, 0.15) is 13.8 Å². The zero-order valence-corrected chi connectivity index (χ0v) is 9.43. The maximum Gasteiger partial charge on any atom is 0.169 e. The maximum atomic E-state index is 11.0. The minimum atomic E-state index is -0.372. The van der Waals surface area contributed by atoms with E-state index in [4.69, 9.17) is 4.74 Å². The van der Waals surface area contributed by atoms with Crippen LogP contribution in [-0.4, -0.2) is 18.1 Å². The first-order chi connectivity index (χ1) is 6.65. The lowest BCUT2D eigenvalue weighted by Gasteiger charge is -2.13. The number of rotatable bonds is 4. The van der Waals surface area contributed by atoms with E-state index in [0.717, 1.165) is 10.6 Å². The summed E-state index contributed by atoms with van der Waals surface area (Å²) >= 11 is 1.61. The minimum absolute atomic E-state index is 0.0425. The fourth-order valence-electron chi connectivity index (χ4n) is 0.990. The van der Waals surface area contributed by atoms with Gasteiger partial charge in [0, 0.05) is 4.90 Å². The van der Waals surface area contributed by atoms with Crippen LogP contribution in [0.25, 0.3) is 0 Å². The van der Waals surface area contributed by atoms with Gasteiger partial charge < -0.3 is 4.74 Å². The molecule has 0 aliphatic heterocycles. The molecule has 14 heavy (non-hydrogen) atoms. The molecule has 1 aromatic rings. The fourth-order valence-corrected chi connectivity index (χ4v) is 1.52. The van der Waals surface area contributed by atoms with Crippen molar-refractivity contribution in [1.29, 1.82) is 0 Å². The first kappa shape index (κ1) is 11.1. The molecule has 0 aliphatic rings. The second-order valence-electron chi connectivity index (χ2n) is 3.02. The van der Waals surface area contributed by atoms with Crippen molar-refractivity contribution in [3.63, 3.8) is 0 Å². The second-order valence-corrected chi connectivity index (χ2v) is 3.87. The average Bonchev–Trinajstić information content (AvgIpc) is 2.18. The molecule has 76 valence electrons. The number of para-hydroxylation sites is 1. The van der Waals surface area contributed by atoms with E-state index in [1.165, 1.54) is 6.92 Å². The van der Waals surface area contributed by atoms with Crippen LogP contribution in [0.4, 0.5) is 0 Å². The number of hydrogen-bond donors (Lipinski definition) is 0. The Balaban J connectivity index is 2.80. The lowest BCUT2D eigenvalue weighted by atomic mass is 10.3. The molecule has 1 rings (SSSR count). The summed E-state index contributed by atoms with van der Waals surface area (Å²) in [5.74, 6) is 0.823. The molecule has 3 heteroatoms. The van der Waals surface area contributed by atoms with Gasteiger partial charge in [0.25, 0.3) is 0 Å². The number of carbonyl (C=O) groups is 1. The van der Waals surface area contributed by atoms with Crippen molar-refractivity contribution >= 4 is 17.5 Å². The van der Waals surface area contributed by atoms with E-state index in [1.54, 1.807) is 18.7 Å². The van der Waals surface area contributed by atoms with Crippen molar-refractivity contribution in [3.8, 4) is 5.75 Å². The Labute approximate surface area is 88.7 Å². The van der Waals surface area contributed by atoms with Gasteiger partial charge in [-0.1, -0.05) is 12.1 Å². The Hall–Kier alpha value is -0.960. The summed E-state index contributed by atoms with van der Waals surface area (Å²) in [5.41, 5.74) is 0. The fraction of sp³-hybridized carbons (Fsp3) is 0.364. The van der Waals surface area contributed by atoms with Crippen molar-refractivity contribution in [2.45, 2.75) is 24.8 Å². The lowest BCUT2D eigenvalue weighted by Crippen LogP contribution is -2.20. The number of Topliss-reactive ketones (excluding diaryl/α,β-unsaturated/α-hetero) is 1. The number of carbonyl (C=O) groups excluding carboxylic acids is 1. The third-order valence-electron chi connectivity index (χ3n) is 1.95. The highest BCUT2D eigenvalue weighted by atomic mass is 32.2. The highest BCUT2D eigenvalue weighted by Gasteiger charge is 2.10. The van der Waals surface area contributed by atoms with Gasteiger partial charge in [-0.05, 0) is 32.2 Å². The number of benzene rings is 1. The molecule has 0 amide bonds. The third-order valence-corrected chi connectivity index (χ3v) is 2.72. The van der Waals surface area contributed by atoms with Crippen LogP contribution in [0.2, 0.25) is 0 Å². The predicted octanol–water partition coefficient (Wildman–Crippen LogP) is 2.76. The van der Waals surface area contributed by atoms with Crippen molar-refractivity contribution in [1.82, 2.24) is 0 Å². The monoisotopic (exact) mass is 210 g/mol. The molecule has 1 aromatic carbocycles. The summed E-state index contributed by atoms with van der Waals surface area (Å²) in [7, 11) is 0. The molecule has 0 fully saturated rings. The van der Waals surface area contributed by atoms with Crippen LogP contribution in [0.3, 0.4) is 0 Å². The summed E-state index contributed by atoms with van der Waals surface area (Å²) in [6.45, 7) is 3.30. The molecule has 0 aliphatic carbocycles. The summed E-state index contributed by atoms with van der Waals surface area (Å²) < 4.78 is 5.53. The second kappa shape index (κ2) is 5.05. The number of hydrogen-bond acceptors (Lipinski definition) is 3. The third kappa shape index (κ3) is 2.77. The quantitative estimate of drug-likeness (QED) is 0.715. The highest BCUT2D eigenvalue weighted by molar-refractivity contribution is 7.98. The molecule has 1 atom stereocenters. The first-order valence-corrected chi connectivity index (χ1v) is 5.67. The van der Waals surface area contributed by atoms with E-state index in [-0.39, 0.29) is 11.9 Å². The molecular formula is C11H14O2S. The van der Waals surface area contributed by atoms with E-state index in [0.29, 0.717) is 0 Å². The molecule has 0 radical (unpaired) electrons. The van der Waals surface area contributed by atoms with Gasteiger partial charge in [0.1, 0.15) is 5.75 Å². The van der Waals surface area contributed by atoms with Gasteiger partial charge in [0.05, 0.1) is 0 Å². The van der Waals surface area contributed by atoms with Crippen LogP contribution >= 0.6 is 11.8 Å². The van der Waals surface area contributed by atoms with Gasteiger partial charge in [0.2, 0.25) is 0 Å². The van der Waals surface area contributed by atoms with Crippen molar-refractivity contribution in [2.75, 3.05) is 6.26 Å². The van der Waals surface area contributed by atoms with E-state index in [2.05, 4.69) is 0 Å². The standard InChI is InChI=1S/C11H14O2S/c1-8(12)9(2)13-10-6-4-5-7-11(10)14-3/h4-7,9H,1-3H3. The van der Waals surface area contributed by atoms with Crippen molar-refractivity contribution in [3.05, 3.63) is 24.3 Å². The first-order valence-electron chi connectivity index (χ1n) is 4.45. The van der Waals surface area contributed by atoms with Gasteiger partial charge in [-0.2, -0.15) is 0 Å². The Morgan fingerprint density at radius 1 is 1.43 bits per heavy atom. The van der Waals surface area contributed by atoms with Crippen LogP contribution in [0.15, 0.2) is 29.2 Å². The Morgan fingerprint density at radius 2 is 2.07 bits per heavy atom. The van der Waals surface area contributed by atoms with Crippen LogP contribution in [0.5, 0.6) is 5.75 Å². The molecule has 2 nitrogen and oxygen atoms in total. The molecule has 0 heterocycles. The van der Waals surface area contributed by atoms with Gasteiger partial charge in [-0.3, -0.25) is 4.79 Å². The minimum Gasteiger partial charge on any atom is -0.482 e. The normalized spacial score (nSPS) is 12.2. The number of thioether (sulfide) groups is 1. The van der Waals surface area contributed by atoms with Gasteiger partial charge in [0.15, 0.2) is 11.9 Å². The zero-order chi connectivity index (χ0) is 10.6. The van der Waals surface area contributed by atoms with Crippen molar-refractivity contribution in [2.24, 2.45) is 0 Å². The lowest BCUT2D eigenvalue weighted by molar-refractivity contribution is -0.122. The Bertz CT molecular complexity index is 323. The van der Waals surface area contributed by atoms with Gasteiger partial charge >= 0.3 is 0 Å². The average molecular weight is 210 g/mol. The molecular weight excluding hydrogens is 196 g/mol. The van der Waals surface area contributed by atoms with E-state index < -0.39 is 0 Å². The Morgan fingerprint density at radius 3 is 2.64 bits per heavy atom. The smallest absolute Gasteiger partial charge is 0.169 e. The maximum absolute atomic E-state index is 11.0. The highest BCUT2D eigenvalue weighted by Crippen LogP contribution is 2.27. The van der Waals surface area contributed by atoms with Crippen LogP contribution < -0.4 is 4.74 Å². The van der Waals surface area contributed by atoms with E-state index in [1.807, 2.05) is 30.5 Å². The summed E-state index contributed by atoms with van der Waals surface area (Å²) in [5, 5.41) is 0. The van der Waals surface area contributed by atoms with E-state index in [9.17, 15) is 4.79 Å². The topological polar surface area (TPSA) is 26.3 Å². The summed E-state index contributed by atoms with van der Waals surface area (Å²) in [6, 6.07) is 7.72. The molecule has 0 saturated carbocycles. The van der Waals surface area contributed by atoms with Crippen LogP contribution in [-0.2, 0) is 4.79 Å². The van der Waals surface area contributed by atoms with E-state index >= 15 is 0 Å². The molecule has 0 N–H and O–H groups in total. The summed E-state index contributed by atoms with van der Waals surface area (Å²) in [6.07, 6.45) is 1.61. The molecule has 0 bridgehead atoms. The summed E-state index contributed by atoms with van der Waals surface area (Å²) in [4.78, 5) is 12.1. The van der Waals surface area contributed by atoms with Gasteiger partial charge in [-0.25, -0.2) is 0 Å². The molecule has 0 spiro atoms. The number of ether oxygens (including phenoxy) is 1.